The number of rotatable bonds is 5. The summed E-state index contributed by atoms with van der Waals surface area (Å²) in [5, 5.41) is 10.1. The number of nitrogens with one attached hydrogen (secondary N) is 2. The fourth-order valence-electron chi connectivity index (χ4n) is 3.17. The van der Waals surface area contributed by atoms with Crippen molar-refractivity contribution in [3.8, 4) is 17.4 Å². The first-order valence-corrected chi connectivity index (χ1v) is 10.2. The molecule has 0 fully saturated rings. The average molecular weight is 428 g/mol. The summed E-state index contributed by atoms with van der Waals surface area (Å²) >= 11 is 0. The standard InChI is InChI=1S/C24H24N6O2/c1-15-16(2)29-30(17(15)3)22-14-23(26-18(4)25-22)32-21-12-10-20(11-13-21)28-24(31)27-19-8-6-5-7-9-19/h5-14H,1-4H3,(H2,27,28,31). The molecule has 4 rings (SSSR count). The number of urea groups is 1. The second kappa shape index (κ2) is 8.89. The van der Waals surface area contributed by atoms with Crippen molar-refractivity contribution in [1.29, 1.82) is 0 Å². The lowest BCUT2D eigenvalue weighted by Crippen LogP contribution is -2.19. The van der Waals surface area contributed by atoms with Gasteiger partial charge in [0.15, 0.2) is 5.82 Å². The van der Waals surface area contributed by atoms with E-state index in [9.17, 15) is 4.79 Å². The Labute approximate surface area is 186 Å². The van der Waals surface area contributed by atoms with Gasteiger partial charge in [-0.25, -0.2) is 14.5 Å². The molecule has 8 heteroatoms. The van der Waals surface area contributed by atoms with Crippen molar-refractivity contribution in [1.82, 2.24) is 19.7 Å². The minimum atomic E-state index is -0.318. The highest BCUT2D eigenvalue weighted by Crippen LogP contribution is 2.24. The van der Waals surface area contributed by atoms with E-state index in [-0.39, 0.29) is 6.03 Å². The van der Waals surface area contributed by atoms with E-state index >= 15 is 0 Å². The fourth-order valence-corrected chi connectivity index (χ4v) is 3.17. The summed E-state index contributed by atoms with van der Waals surface area (Å²) < 4.78 is 7.73. The van der Waals surface area contributed by atoms with Gasteiger partial charge in [0, 0.05) is 23.1 Å². The second-order valence-corrected chi connectivity index (χ2v) is 7.39. The molecule has 162 valence electrons. The normalized spacial score (nSPS) is 10.6. The molecule has 0 radical (unpaired) electrons. The highest BCUT2D eigenvalue weighted by atomic mass is 16.5. The monoisotopic (exact) mass is 428 g/mol. The number of carbonyl (C=O) groups excluding carboxylic acids is 1. The molecule has 2 amide bonds. The van der Waals surface area contributed by atoms with E-state index in [2.05, 4.69) is 25.7 Å². The molecule has 0 atom stereocenters. The summed E-state index contributed by atoms with van der Waals surface area (Å²) in [6, 6.07) is 17.7. The largest absolute Gasteiger partial charge is 0.439 e. The van der Waals surface area contributed by atoms with E-state index in [0.29, 0.717) is 29.0 Å². The van der Waals surface area contributed by atoms with E-state index in [1.54, 1.807) is 35.0 Å². The van der Waals surface area contributed by atoms with Crippen molar-refractivity contribution >= 4 is 17.4 Å². The van der Waals surface area contributed by atoms with Gasteiger partial charge in [0.05, 0.1) is 5.69 Å². The summed E-state index contributed by atoms with van der Waals surface area (Å²) in [6.07, 6.45) is 0. The van der Waals surface area contributed by atoms with Gasteiger partial charge >= 0.3 is 6.03 Å². The SMILES string of the molecule is Cc1nc(Oc2ccc(NC(=O)Nc3ccccc3)cc2)cc(-n2nc(C)c(C)c2C)n1. The lowest BCUT2D eigenvalue weighted by atomic mass is 10.2. The molecule has 0 bridgehead atoms. The smallest absolute Gasteiger partial charge is 0.323 e. The lowest BCUT2D eigenvalue weighted by Gasteiger charge is -2.10. The Bertz CT molecular complexity index is 1250. The maximum atomic E-state index is 12.1. The van der Waals surface area contributed by atoms with Crippen LogP contribution in [0.1, 0.15) is 22.8 Å². The van der Waals surface area contributed by atoms with Crippen LogP contribution in [0.2, 0.25) is 0 Å². The third-order valence-electron chi connectivity index (χ3n) is 5.04. The third-order valence-corrected chi connectivity index (χ3v) is 5.04. The van der Waals surface area contributed by atoms with Crippen LogP contribution in [0.25, 0.3) is 5.82 Å². The quantitative estimate of drug-likeness (QED) is 0.448. The molecular weight excluding hydrogens is 404 g/mol. The van der Waals surface area contributed by atoms with Gasteiger partial charge in [0.1, 0.15) is 11.6 Å². The van der Waals surface area contributed by atoms with Crippen LogP contribution in [-0.2, 0) is 0 Å². The molecule has 0 aliphatic carbocycles. The number of anilines is 2. The van der Waals surface area contributed by atoms with Gasteiger partial charge in [-0.3, -0.25) is 0 Å². The Hall–Kier alpha value is -4.20. The Morgan fingerprint density at radius 1 is 0.875 bits per heavy atom. The van der Waals surface area contributed by atoms with Crippen molar-refractivity contribution in [2.24, 2.45) is 0 Å². The highest BCUT2D eigenvalue weighted by Gasteiger charge is 2.13. The predicted molar refractivity (Wildman–Crippen MR) is 124 cm³/mol. The highest BCUT2D eigenvalue weighted by molar-refractivity contribution is 5.99. The minimum Gasteiger partial charge on any atom is -0.439 e. The first-order valence-electron chi connectivity index (χ1n) is 10.2. The van der Waals surface area contributed by atoms with E-state index in [4.69, 9.17) is 4.74 Å². The molecule has 2 heterocycles. The molecule has 0 spiro atoms. The van der Waals surface area contributed by atoms with Crippen LogP contribution in [0, 0.1) is 27.7 Å². The summed E-state index contributed by atoms with van der Waals surface area (Å²) in [5.74, 6) is 2.24. The third kappa shape index (κ3) is 4.75. The van der Waals surface area contributed by atoms with Crippen LogP contribution in [-0.4, -0.2) is 25.8 Å². The fraction of sp³-hybridized carbons (Fsp3) is 0.167. The summed E-state index contributed by atoms with van der Waals surface area (Å²) in [4.78, 5) is 21.0. The number of hydrogen-bond donors (Lipinski definition) is 2. The molecule has 2 aromatic heterocycles. The van der Waals surface area contributed by atoms with Crippen molar-refractivity contribution in [3.05, 3.63) is 83.4 Å². The Morgan fingerprint density at radius 3 is 2.16 bits per heavy atom. The zero-order chi connectivity index (χ0) is 22.7. The number of benzene rings is 2. The van der Waals surface area contributed by atoms with Gasteiger partial charge < -0.3 is 15.4 Å². The minimum absolute atomic E-state index is 0.318. The van der Waals surface area contributed by atoms with Gasteiger partial charge in [-0.05, 0) is 69.7 Å². The van der Waals surface area contributed by atoms with Crippen LogP contribution >= 0.6 is 0 Å². The molecule has 8 nitrogen and oxygen atoms in total. The predicted octanol–water partition coefficient (Wildman–Crippen LogP) is 5.33. The number of aryl methyl sites for hydroxylation is 2. The topological polar surface area (TPSA) is 94.0 Å². The maximum Gasteiger partial charge on any atom is 0.323 e. The number of hydrogen-bond acceptors (Lipinski definition) is 5. The lowest BCUT2D eigenvalue weighted by molar-refractivity contribution is 0.262. The summed E-state index contributed by atoms with van der Waals surface area (Å²) in [5.41, 5.74) is 4.47. The molecule has 0 saturated carbocycles. The van der Waals surface area contributed by atoms with Gasteiger partial charge in [-0.15, -0.1) is 0 Å². The van der Waals surface area contributed by atoms with Crippen molar-refractivity contribution < 1.29 is 9.53 Å². The van der Waals surface area contributed by atoms with Crippen molar-refractivity contribution in [2.75, 3.05) is 10.6 Å². The number of aromatic nitrogens is 4. The molecule has 0 unspecified atom stereocenters. The first kappa shape index (κ1) is 21.0. The van der Waals surface area contributed by atoms with Crippen LogP contribution in [0.5, 0.6) is 11.6 Å². The summed E-state index contributed by atoms with van der Waals surface area (Å²) in [7, 11) is 0. The van der Waals surface area contributed by atoms with Gasteiger partial charge in [-0.1, -0.05) is 18.2 Å². The molecule has 32 heavy (non-hydrogen) atoms. The van der Waals surface area contributed by atoms with Gasteiger partial charge in [0.25, 0.3) is 0 Å². The molecular formula is C24H24N6O2. The molecule has 2 N–H and O–H groups in total. The maximum absolute atomic E-state index is 12.1. The summed E-state index contributed by atoms with van der Waals surface area (Å²) in [6.45, 7) is 7.83. The van der Waals surface area contributed by atoms with Crippen molar-refractivity contribution in [3.63, 3.8) is 0 Å². The van der Waals surface area contributed by atoms with Crippen LogP contribution < -0.4 is 15.4 Å². The van der Waals surface area contributed by atoms with Gasteiger partial charge in [0.2, 0.25) is 5.88 Å². The second-order valence-electron chi connectivity index (χ2n) is 7.39. The Morgan fingerprint density at radius 2 is 1.53 bits per heavy atom. The zero-order valence-electron chi connectivity index (χ0n) is 18.4. The molecule has 0 aliphatic rings. The molecule has 0 aliphatic heterocycles. The van der Waals surface area contributed by atoms with E-state index in [1.165, 1.54) is 0 Å². The van der Waals surface area contributed by atoms with Crippen LogP contribution in [0.4, 0.5) is 16.2 Å². The van der Waals surface area contributed by atoms with E-state index in [0.717, 1.165) is 22.6 Å². The number of ether oxygens (including phenoxy) is 1. The first-order chi connectivity index (χ1) is 15.4. The Kier molecular flexibility index (Phi) is 5.85. The number of amides is 2. The number of para-hydroxylation sites is 1. The van der Waals surface area contributed by atoms with E-state index in [1.807, 2.05) is 58.0 Å². The van der Waals surface area contributed by atoms with Crippen molar-refractivity contribution in [2.45, 2.75) is 27.7 Å². The average Bonchev–Trinajstić information content (AvgIpc) is 3.03. The van der Waals surface area contributed by atoms with Crippen LogP contribution in [0.3, 0.4) is 0 Å². The number of carbonyl (C=O) groups is 1. The van der Waals surface area contributed by atoms with Crippen LogP contribution in [0.15, 0.2) is 60.7 Å². The molecule has 0 saturated heterocycles. The van der Waals surface area contributed by atoms with E-state index < -0.39 is 0 Å². The number of nitrogens with zero attached hydrogens (tertiary/aromatic N) is 4. The Balaban J connectivity index is 1.46. The zero-order valence-corrected chi connectivity index (χ0v) is 18.4. The molecule has 2 aromatic carbocycles. The van der Waals surface area contributed by atoms with Gasteiger partial charge in [-0.2, -0.15) is 10.1 Å². The molecule has 4 aromatic rings.